The topological polar surface area (TPSA) is 111 Å². The van der Waals surface area contributed by atoms with Gasteiger partial charge in [0.25, 0.3) is 11.6 Å². The maximum atomic E-state index is 12.6. The Morgan fingerprint density at radius 3 is 2.64 bits per heavy atom. The van der Waals surface area contributed by atoms with Crippen LogP contribution in [0.3, 0.4) is 0 Å². The first kappa shape index (κ1) is 22.1. The number of carbonyl (C=O) groups excluding carboxylic acids is 2. The fourth-order valence-electron chi connectivity index (χ4n) is 2.95. The molecule has 0 unspecified atom stereocenters. The molecule has 0 saturated heterocycles. The van der Waals surface area contributed by atoms with Gasteiger partial charge < -0.3 is 4.74 Å². The third kappa shape index (κ3) is 5.05. The number of nitro benzene ring substituents is 1. The van der Waals surface area contributed by atoms with Gasteiger partial charge in [0.2, 0.25) is 0 Å². The van der Waals surface area contributed by atoms with E-state index in [1.54, 1.807) is 24.3 Å². The summed E-state index contributed by atoms with van der Waals surface area (Å²) in [6.07, 6.45) is 1.36. The summed E-state index contributed by atoms with van der Waals surface area (Å²) in [7, 11) is 0. The molecule has 0 atom stereocenters. The number of thiophene rings is 1. The number of ether oxygens (including phenoxy) is 1. The van der Waals surface area contributed by atoms with E-state index in [1.807, 2.05) is 24.3 Å². The van der Waals surface area contributed by atoms with E-state index < -0.39 is 16.8 Å². The third-order valence-electron chi connectivity index (χ3n) is 4.49. The molecule has 0 radical (unpaired) electrons. The second kappa shape index (κ2) is 9.60. The smallest absolute Gasteiger partial charge is 0.355 e. The summed E-state index contributed by atoms with van der Waals surface area (Å²) in [5, 5.41) is 15.8. The fraction of sp³-hybridized carbons (Fsp3) is 0. The second-order valence-corrected chi connectivity index (χ2v) is 8.14. The SMILES string of the molecule is O=C(N/N=C\c1cccc(OC(=O)c2sc3ccccc3c2Cl)c1)c1cccc([N+](=O)[O-])c1. The van der Waals surface area contributed by atoms with Gasteiger partial charge in [-0.3, -0.25) is 14.9 Å². The minimum absolute atomic E-state index is 0.101. The fourth-order valence-corrected chi connectivity index (χ4v) is 4.33. The van der Waals surface area contributed by atoms with E-state index in [9.17, 15) is 19.7 Å². The first-order chi connectivity index (χ1) is 15.9. The van der Waals surface area contributed by atoms with E-state index in [2.05, 4.69) is 10.5 Å². The number of nitrogens with zero attached hydrogens (tertiary/aromatic N) is 2. The van der Waals surface area contributed by atoms with Crippen molar-refractivity contribution in [2.75, 3.05) is 0 Å². The molecule has 164 valence electrons. The molecule has 4 rings (SSSR count). The van der Waals surface area contributed by atoms with Crippen LogP contribution in [0.1, 0.15) is 25.6 Å². The Balaban J connectivity index is 1.43. The van der Waals surface area contributed by atoms with E-state index >= 15 is 0 Å². The van der Waals surface area contributed by atoms with Crippen molar-refractivity contribution in [2.45, 2.75) is 0 Å². The highest BCUT2D eigenvalue weighted by atomic mass is 35.5. The van der Waals surface area contributed by atoms with Crippen LogP contribution in [0.4, 0.5) is 5.69 Å². The number of hydrogen-bond acceptors (Lipinski definition) is 7. The normalized spacial score (nSPS) is 10.9. The molecule has 0 aliphatic rings. The number of esters is 1. The summed E-state index contributed by atoms with van der Waals surface area (Å²) in [6.45, 7) is 0. The predicted molar refractivity (Wildman–Crippen MR) is 126 cm³/mol. The number of amides is 1. The number of non-ortho nitro benzene ring substituents is 1. The zero-order valence-corrected chi connectivity index (χ0v) is 18.3. The van der Waals surface area contributed by atoms with Crippen molar-refractivity contribution in [3.05, 3.63) is 104 Å². The molecule has 8 nitrogen and oxygen atoms in total. The average molecular weight is 480 g/mol. The lowest BCUT2D eigenvalue weighted by atomic mass is 10.2. The van der Waals surface area contributed by atoms with Crippen molar-refractivity contribution in [2.24, 2.45) is 5.10 Å². The lowest BCUT2D eigenvalue weighted by Crippen LogP contribution is -2.17. The van der Waals surface area contributed by atoms with Crippen molar-refractivity contribution in [1.82, 2.24) is 5.43 Å². The third-order valence-corrected chi connectivity index (χ3v) is 6.14. The molecule has 1 heterocycles. The number of halogens is 1. The Kier molecular flexibility index (Phi) is 6.43. The van der Waals surface area contributed by atoms with Crippen molar-refractivity contribution in [3.63, 3.8) is 0 Å². The van der Waals surface area contributed by atoms with E-state index in [0.29, 0.717) is 15.5 Å². The van der Waals surface area contributed by atoms with Crippen LogP contribution in [0.2, 0.25) is 5.02 Å². The monoisotopic (exact) mass is 479 g/mol. The molecule has 10 heteroatoms. The molecule has 33 heavy (non-hydrogen) atoms. The van der Waals surface area contributed by atoms with Gasteiger partial charge >= 0.3 is 5.97 Å². The highest BCUT2D eigenvalue weighted by Crippen LogP contribution is 2.35. The van der Waals surface area contributed by atoms with Gasteiger partial charge in [-0.2, -0.15) is 5.10 Å². The molecule has 0 aliphatic carbocycles. The molecule has 1 amide bonds. The molecule has 0 bridgehead atoms. The van der Waals surface area contributed by atoms with Crippen LogP contribution < -0.4 is 10.2 Å². The molecule has 4 aromatic rings. The van der Waals surface area contributed by atoms with Gasteiger partial charge in [-0.1, -0.05) is 48.0 Å². The van der Waals surface area contributed by atoms with Gasteiger partial charge in [-0.05, 0) is 29.8 Å². The Bertz CT molecular complexity index is 1420. The summed E-state index contributed by atoms with van der Waals surface area (Å²) in [5.41, 5.74) is 2.77. The summed E-state index contributed by atoms with van der Waals surface area (Å²) >= 11 is 7.59. The zero-order chi connectivity index (χ0) is 23.4. The first-order valence-corrected chi connectivity index (χ1v) is 10.7. The molecule has 1 N–H and O–H groups in total. The summed E-state index contributed by atoms with van der Waals surface area (Å²) < 4.78 is 6.34. The Labute approximate surface area is 196 Å². The van der Waals surface area contributed by atoms with E-state index in [4.69, 9.17) is 16.3 Å². The van der Waals surface area contributed by atoms with Crippen LogP contribution in [0.15, 0.2) is 77.9 Å². The van der Waals surface area contributed by atoms with Gasteiger partial charge in [-0.25, -0.2) is 10.2 Å². The Morgan fingerprint density at radius 2 is 1.85 bits per heavy atom. The van der Waals surface area contributed by atoms with Gasteiger partial charge in [0, 0.05) is 27.8 Å². The highest BCUT2D eigenvalue weighted by Gasteiger charge is 2.19. The molecule has 3 aromatic carbocycles. The van der Waals surface area contributed by atoms with Crippen molar-refractivity contribution >= 4 is 56.8 Å². The second-order valence-electron chi connectivity index (χ2n) is 6.71. The van der Waals surface area contributed by atoms with Gasteiger partial charge in [0.15, 0.2) is 0 Å². The maximum absolute atomic E-state index is 12.6. The summed E-state index contributed by atoms with van der Waals surface area (Å²) in [6, 6.07) is 19.3. The zero-order valence-electron chi connectivity index (χ0n) is 16.7. The van der Waals surface area contributed by atoms with E-state index in [0.717, 1.165) is 16.2 Å². The maximum Gasteiger partial charge on any atom is 0.355 e. The van der Waals surface area contributed by atoms with Crippen LogP contribution in [-0.2, 0) is 0 Å². The number of fused-ring (bicyclic) bond motifs is 1. The van der Waals surface area contributed by atoms with Crippen molar-refractivity contribution in [1.29, 1.82) is 0 Å². The highest BCUT2D eigenvalue weighted by molar-refractivity contribution is 7.21. The number of hydrazone groups is 1. The molecule has 0 fully saturated rings. The van der Waals surface area contributed by atoms with Gasteiger partial charge in [-0.15, -0.1) is 11.3 Å². The number of benzene rings is 3. The minimum Gasteiger partial charge on any atom is -0.422 e. The number of rotatable bonds is 6. The molecule has 0 spiro atoms. The lowest BCUT2D eigenvalue weighted by Gasteiger charge is -2.04. The Morgan fingerprint density at radius 1 is 1.06 bits per heavy atom. The number of nitrogens with one attached hydrogen (secondary N) is 1. The molecule has 0 saturated carbocycles. The van der Waals surface area contributed by atoms with E-state index in [1.165, 1.54) is 35.8 Å². The van der Waals surface area contributed by atoms with Crippen LogP contribution >= 0.6 is 22.9 Å². The van der Waals surface area contributed by atoms with E-state index in [-0.39, 0.29) is 17.0 Å². The number of hydrogen-bond donors (Lipinski definition) is 1. The van der Waals surface area contributed by atoms with Crippen molar-refractivity contribution < 1.29 is 19.2 Å². The minimum atomic E-state index is -0.600. The van der Waals surface area contributed by atoms with Crippen LogP contribution in [0.5, 0.6) is 5.75 Å². The average Bonchev–Trinajstić information content (AvgIpc) is 3.16. The quantitative estimate of drug-likeness (QED) is 0.130. The molecule has 0 aliphatic heterocycles. The largest absolute Gasteiger partial charge is 0.422 e. The summed E-state index contributed by atoms with van der Waals surface area (Å²) in [4.78, 5) is 35.3. The number of nitro groups is 1. The van der Waals surface area contributed by atoms with Gasteiger partial charge in [0.1, 0.15) is 10.6 Å². The molecule has 1 aromatic heterocycles. The summed E-state index contributed by atoms with van der Waals surface area (Å²) in [5.74, 6) is -0.895. The lowest BCUT2D eigenvalue weighted by molar-refractivity contribution is -0.384. The standard InChI is InChI=1S/C23H14ClN3O5S/c24-20-18-9-1-2-10-19(18)33-21(20)23(29)32-17-8-3-5-14(11-17)13-25-26-22(28)15-6-4-7-16(12-15)27(30)31/h1-13H,(H,26,28)/b25-13-. The van der Waals surface area contributed by atoms with Crippen LogP contribution in [0.25, 0.3) is 10.1 Å². The van der Waals surface area contributed by atoms with Gasteiger partial charge in [0.05, 0.1) is 16.2 Å². The van der Waals surface area contributed by atoms with Crippen LogP contribution in [0, 0.1) is 10.1 Å². The Hall–Kier alpha value is -4.08. The predicted octanol–water partition coefficient (Wildman–Crippen LogP) is 5.45. The first-order valence-electron chi connectivity index (χ1n) is 9.49. The molecular weight excluding hydrogens is 466 g/mol. The van der Waals surface area contributed by atoms with Crippen molar-refractivity contribution in [3.8, 4) is 5.75 Å². The number of carbonyl (C=O) groups is 2. The molecular formula is C23H14ClN3O5S. The van der Waals surface area contributed by atoms with Crippen LogP contribution in [-0.4, -0.2) is 23.0 Å².